The van der Waals surface area contributed by atoms with E-state index in [-0.39, 0.29) is 50.4 Å². The SMILES string of the molecule is CC/C=C\C/C=C\C/C=C\C/C=C\C/C=C\C/C=C\CCC(=O)OC[C@H](COC(=O)CCC/C=C\C/C=C\C/C=C\C/C=C\C/C=C\CC)OC(=O)CCCCCCC/C=C\CCCCCC. The lowest BCUT2D eigenvalue weighted by Gasteiger charge is -2.18. The van der Waals surface area contributed by atoms with Gasteiger partial charge in [-0.05, 0) is 122 Å². The molecule has 0 saturated carbocycles. The van der Waals surface area contributed by atoms with Crippen molar-refractivity contribution in [3.8, 4) is 0 Å². The first-order valence-electron chi connectivity index (χ1n) is 26.3. The molecule has 0 unspecified atom stereocenters. The van der Waals surface area contributed by atoms with Crippen molar-refractivity contribution < 1.29 is 28.6 Å². The quantitative estimate of drug-likeness (QED) is 0.0262. The van der Waals surface area contributed by atoms with Gasteiger partial charge < -0.3 is 14.2 Å². The molecule has 0 heterocycles. The third kappa shape index (κ3) is 52.1. The van der Waals surface area contributed by atoms with Crippen molar-refractivity contribution in [2.45, 2.75) is 207 Å². The zero-order valence-electron chi connectivity index (χ0n) is 42.6. The van der Waals surface area contributed by atoms with E-state index in [4.69, 9.17) is 14.2 Å². The van der Waals surface area contributed by atoms with E-state index >= 15 is 0 Å². The van der Waals surface area contributed by atoms with Gasteiger partial charge in [0.2, 0.25) is 0 Å². The molecular weight excluding hydrogens is 829 g/mol. The number of hydrogen-bond acceptors (Lipinski definition) is 6. The average Bonchev–Trinajstić information content (AvgIpc) is 3.33. The molecule has 67 heavy (non-hydrogen) atoms. The summed E-state index contributed by atoms with van der Waals surface area (Å²) in [4.78, 5) is 38.0. The maximum Gasteiger partial charge on any atom is 0.306 e. The van der Waals surface area contributed by atoms with Crippen molar-refractivity contribution in [3.63, 3.8) is 0 Å². The summed E-state index contributed by atoms with van der Waals surface area (Å²) >= 11 is 0. The van der Waals surface area contributed by atoms with E-state index in [2.05, 4.69) is 154 Å². The summed E-state index contributed by atoms with van der Waals surface area (Å²) in [6, 6.07) is 0. The second-order valence-corrected chi connectivity index (χ2v) is 16.7. The van der Waals surface area contributed by atoms with Crippen molar-refractivity contribution in [3.05, 3.63) is 146 Å². The normalized spacial score (nSPS) is 13.3. The fourth-order valence-electron chi connectivity index (χ4n) is 6.44. The highest BCUT2D eigenvalue weighted by Crippen LogP contribution is 2.11. The standard InChI is InChI=1S/C61H94O6/c1-4-7-10-13-16-19-22-25-27-29-30-32-34-37-39-42-45-48-51-54-60(63)66-57-58(67-61(64)55-52-49-46-43-40-35-24-21-18-15-12-9-6-3)56-65-59(62)53-50-47-44-41-38-36-33-31-28-26-23-20-17-14-11-8-5-2/h7-8,10-11,16-17,19-21,24-28,30,32-33,36-37,39,41,44-45,48,58H,4-6,9,12-15,18,22-23,29,31,34-35,38,40,42-43,46-47,49-57H2,1-3H3/b10-7-,11-8-,19-16-,20-17-,24-21-,27-25-,28-26-,32-30-,36-33-,39-37-,44-41-,48-45-/t58-/m0/s1. The smallest absolute Gasteiger partial charge is 0.306 e. The molecule has 0 aliphatic carbocycles. The van der Waals surface area contributed by atoms with E-state index < -0.39 is 6.10 Å². The van der Waals surface area contributed by atoms with Gasteiger partial charge in [-0.3, -0.25) is 14.4 Å². The molecule has 6 heteroatoms. The fourth-order valence-corrected chi connectivity index (χ4v) is 6.44. The predicted molar refractivity (Wildman–Crippen MR) is 288 cm³/mol. The Hall–Kier alpha value is -4.71. The highest BCUT2D eigenvalue weighted by atomic mass is 16.6. The molecule has 0 aliphatic heterocycles. The van der Waals surface area contributed by atoms with Gasteiger partial charge in [-0.15, -0.1) is 0 Å². The number of carbonyl (C=O) groups is 3. The van der Waals surface area contributed by atoms with Gasteiger partial charge in [0.25, 0.3) is 0 Å². The molecule has 0 saturated heterocycles. The van der Waals surface area contributed by atoms with Crippen molar-refractivity contribution in [1.29, 1.82) is 0 Å². The molecule has 0 bridgehead atoms. The minimum atomic E-state index is -0.842. The molecule has 0 fully saturated rings. The van der Waals surface area contributed by atoms with Gasteiger partial charge in [0.15, 0.2) is 6.10 Å². The van der Waals surface area contributed by atoms with Gasteiger partial charge in [-0.25, -0.2) is 0 Å². The lowest BCUT2D eigenvalue weighted by molar-refractivity contribution is -0.166. The minimum absolute atomic E-state index is 0.140. The molecule has 0 N–H and O–H groups in total. The van der Waals surface area contributed by atoms with E-state index in [0.29, 0.717) is 12.8 Å². The van der Waals surface area contributed by atoms with Crippen molar-refractivity contribution in [2.24, 2.45) is 0 Å². The van der Waals surface area contributed by atoms with Gasteiger partial charge in [-0.1, -0.05) is 205 Å². The zero-order chi connectivity index (χ0) is 48.6. The van der Waals surface area contributed by atoms with Crippen LogP contribution in [0.15, 0.2) is 146 Å². The van der Waals surface area contributed by atoms with Crippen LogP contribution in [0.3, 0.4) is 0 Å². The van der Waals surface area contributed by atoms with Crippen LogP contribution >= 0.6 is 0 Å². The highest BCUT2D eigenvalue weighted by molar-refractivity contribution is 5.71. The Morgan fingerprint density at radius 1 is 0.313 bits per heavy atom. The van der Waals surface area contributed by atoms with Crippen LogP contribution in [0.25, 0.3) is 0 Å². The van der Waals surface area contributed by atoms with Gasteiger partial charge in [0, 0.05) is 19.3 Å². The van der Waals surface area contributed by atoms with Crippen LogP contribution in [-0.4, -0.2) is 37.2 Å². The Morgan fingerprint density at radius 3 is 1.06 bits per heavy atom. The van der Waals surface area contributed by atoms with E-state index in [0.717, 1.165) is 116 Å². The average molecular weight is 923 g/mol. The van der Waals surface area contributed by atoms with E-state index in [1.165, 1.54) is 32.1 Å². The number of carbonyl (C=O) groups excluding carboxylic acids is 3. The Bertz CT molecular complexity index is 1530. The van der Waals surface area contributed by atoms with Crippen LogP contribution in [0.1, 0.15) is 201 Å². The summed E-state index contributed by atoms with van der Waals surface area (Å²) in [7, 11) is 0. The topological polar surface area (TPSA) is 78.9 Å². The largest absolute Gasteiger partial charge is 0.462 e. The molecule has 0 aromatic heterocycles. The molecule has 0 aromatic carbocycles. The highest BCUT2D eigenvalue weighted by Gasteiger charge is 2.19. The molecule has 0 amide bonds. The molecular formula is C61H94O6. The summed E-state index contributed by atoms with van der Waals surface area (Å²) in [6.07, 6.45) is 77.0. The first-order chi connectivity index (χ1) is 33.0. The molecule has 0 aromatic rings. The number of rotatable bonds is 45. The number of unbranched alkanes of at least 4 members (excludes halogenated alkanes) is 10. The fraction of sp³-hybridized carbons (Fsp3) is 0.557. The minimum Gasteiger partial charge on any atom is -0.462 e. The summed E-state index contributed by atoms with van der Waals surface area (Å²) < 4.78 is 16.7. The van der Waals surface area contributed by atoms with Crippen LogP contribution in [0, 0.1) is 0 Å². The monoisotopic (exact) mass is 923 g/mol. The lowest BCUT2D eigenvalue weighted by Crippen LogP contribution is -2.30. The van der Waals surface area contributed by atoms with Gasteiger partial charge in [0.1, 0.15) is 13.2 Å². The van der Waals surface area contributed by atoms with E-state index in [1.807, 2.05) is 12.2 Å². The molecule has 6 nitrogen and oxygen atoms in total. The first-order valence-corrected chi connectivity index (χ1v) is 26.3. The van der Waals surface area contributed by atoms with Crippen molar-refractivity contribution in [1.82, 2.24) is 0 Å². The molecule has 0 spiro atoms. The number of esters is 3. The van der Waals surface area contributed by atoms with E-state index in [1.54, 1.807) is 0 Å². The second-order valence-electron chi connectivity index (χ2n) is 16.7. The zero-order valence-corrected chi connectivity index (χ0v) is 42.6. The van der Waals surface area contributed by atoms with Crippen LogP contribution in [0.4, 0.5) is 0 Å². The molecule has 0 aliphatic rings. The third-order valence-corrected chi connectivity index (χ3v) is 10.3. The van der Waals surface area contributed by atoms with Crippen LogP contribution in [0.2, 0.25) is 0 Å². The molecule has 0 radical (unpaired) electrons. The maximum absolute atomic E-state index is 12.8. The van der Waals surface area contributed by atoms with Gasteiger partial charge in [0.05, 0.1) is 0 Å². The summed E-state index contributed by atoms with van der Waals surface area (Å²) in [5, 5.41) is 0. The molecule has 0 rings (SSSR count). The molecule has 1 atom stereocenters. The maximum atomic E-state index is 12.8. The summed E-state index contributed by atoms with van der Waals surface area (Å²) in [5.74, 6) is -1.10. The Labute approximate surface area is 410 Å². The number of hydrogen-bond donors (Lipinski definition) is 0. The molecule has 374 valence electrons. The number of ether oxygens (including phenoxy) is 3. The van der Waals surface area contributed by atoms with Gasteiger partial charge in [-0.2, -0.15) is 0 Å². The van der Waals surface area contributed by atoms with Crippen molar-refractivity contribution in [2.75, 3.05) is 13.2 Å². The van der Waals surface area contributed by atoms with Crippen LogP contribution in [0.5, 0.6) is 0 Å². The second kappa shape index (κ2) is 53.9. The third-order valence-electron chi connectivity index (χ3n) is 10.3. The predicted octanol–water partition coefficient (Wildman–Crippen LogP) is 17.6. The lowest BCUT2D eigenvalue weighted by atomic mass is 10.1. The summed E-state index contributed by atoms with van der Waals surface area (Å²) in [5.41, 5.74) is 0. The Kier molecular flexibility index (Phi) is 50.1. The van der Waals surface area contributed by atoms with Crippen molar-refractivity contribution >= 4 is 17.9 Å². The Morgan fingerprint density at radius 2 is 0.627 bits per heavy atom. The van der Waals surface area contributed by atoms with E-state index in [9.17, 15) is 14.4 Å². The Balaban J connectivity index is 4.62. The van der Waals surface area contributed by atoms with Crippen LogP contribution < -0.4 is 0 Å². The van der Waals surface area contributed by atoms with Crippen LogP contribution in [-0.2, 0) is 28.6 Å². The van der Waals surface area contributed by atoms with Gasteiger partial charge >= 0.3 is 17.9 Å². The number of allylic oxidation sites excluding steroid dienone is 24. The summed E-state index contributed by atoms with van der Waals surface area (Å²) in [6.45, 7) is 6.25. The first kappa shape index (κ1) is 62.3.